The molecule has 1 fully saturated rings. The summed E-state index contributed by atoms with van der Waals surface area (Å²) in [5.41, 5.74) is 2.10. The number of rotatable bonds is 7. The van der Waals surface area contributed by atoms with Crippen molar-refractivity contribution in [3.63, 3.8) is 0 Å². The highest BCUT2D eigenvalue weighted by Gasteiger charge is 2.13. The number of carbonyl (C=O) groups is 1. The van der Waals surface area contributed by atoms with Gasteiger partial charge in [-0.2, -0.15) is 5.26 Å². The highest BCUT2D eigenvalue weighted by molar-refractivity contribution is 6.03. The number of ketones is 1. The molecule has 2 aromatic carbocycles. The zero-order valence-corrected chi connectivity index (χ0v) is 16.0. The molecule has 0 amide bonds. The molecular weight excluding hydrogens is 352 g/mol. The molecule has 1 heterocycles. The van der Waals surface area contributed by atoms with Crippen molar-refractivity contribution < 1.29 is 15.0 Å². The molecule has 0 aliphatic carbocycles. The predicted octanol–water partition coefficient (Wildman–Crippen LogP) is 3.44. The number of nitrogens with zero attached hydrogens (tertiary/aromatic N) is 2. The molecule has 1 aliphatic heterocycles. The molecular formula is C23H26N2O3. The first-order chi connectivity index (χ1) is 13.6. The molecule has 0 spiro atoms. The number of carbonyl (C=O) groups excluding carboxylic acids is 1. The second-order valence-corrected chi connectivity index (χ2v) is 7.31. The van der Waals surface area contributed by atoms with Gasteiger partial charge in [0, 0.05) is 25.2 Å². The molecule has 146 valence electrons. The minimum atomic E-state index is -0.932. The third-order valence-corrected chi connectivity index (χ3v) is 5.22. The van der Waals surface area contributed by atoms with Crippen molar-refractivity contribution in [3.05, 3.63) is 47.5 Å². The number of piperidine rings is 1. The summed E-state index contributed by atoms with van der Waals surface area (Å²) in [4.78, 5) is 14.6. The van der Waals surface area contributed by atoms with Crippen molar-refractivity contribution in [2.75, 3.05) is 24.6 Å². The number of nitriles is 1. The molecule has 5 heteroatoms. The van der Waals surface area contributed by atoms with E-state index in [1.807, 2.05) is 24.3 Å². The minimum absolute atomic E-state index is 0.0356. The number of hydrogen-bond donors (Lipinski definition) is 2. The minimum Gasteiger partial charge on any atom is -0.394 e. The van der Waals surface area contributed by atoms with Crippen LogP contribution in [-0.2, 0) is 4.79 Å². The Morgan fingerprint density at radius 1 is 1.14 bits per heavy atom. The quantitative estimate of drug-likeness (QED) is 0.569. The van der Waals surface area contributed by atoms with Crippen molar-refractivity contribution in [3.8, 4) is 6.07 Å². The van der Waals surface area contributed by atoms with Crippen LogP contribution in [0.15, 0.2) is 42.0 Å². The van der Waals surface area contributed by atoms with E-state index in [0.717, 1.165) is 29.4 Å². The van der Waals surface area contributed by atoms with Gasteiger partial charge in [0.1, 0.15) is 6.07 Å². The SMILES string of the molecule is N#C/C(=C\c1ccc2cc(N3CCCCC3)ccc2c1)C(=O)CCC(O)CO. The molecule has 2 aromatic rings. The Hall–Kier alpha value is -2.68. The van der Waals surface area contributed by atoms with E-state index in [9.17, 15) is 15.2 Å². The predicted molar refractivity (Wildman–Crippen MR) is 111 cm³/mol. The van der Waals surface area contributed by atoms with E-state index in [4.69, 9.17) is 5.11 Å². The fourth-order valence-electron chi connectivity index (χ4n) is 3.56. The summed E-state index contributed by atoms with van der Waals surface area (Å²) in [6.07, 6.45) is 4.62. The van der Waals surface area contributed by atoms with Gasteiger partial charge in [0.05, 0.1) is 18.3 Å². The molecule has 2 N–H and O–H groups in total. The van der Waals surface area contributed by atoms with Gasteiger partial charge >= 0.3 is 0 Å². The van der Waals surface area contributed by atoms with Gasteiger partial charge in [0.15, 0.2) is 5.78 Å². The molecule has 0 bridgehead atoms. The molecule has 28 heavy (non-hydrogen) atoms. The first-order valence-electron chi connectivity index (χ1n) is 9.83. The maximum Gasteiger partial charge on any atom is 0.173 e. The zero-order chi connectivity index (χ0) is 19.9. The molecule has 5 nitrogen and oxygen atoms in total. The fourth-order valence-corrected chi connectivity index (χ4v) is 3.56. The summed E-state index contributed by atoms with van der Waals surface area (Å²) in [6.45, 7) is 1.82. The van der Waals surface area contributed by atoms with Crippen LogP contribution in [0.25, 0.3) is 16.8 Å². The zero-order valence-electron chi connectivity index (χ0n) is 16.0. The Morgan fingerprint density at radius 3 is 2.57 bits per heavy atom. The van der Waals surface area contributed by atoms with Crippen molar-refractivity contribution in [2.24, 2.45) is 0 Å². The van der Waals surface area contributed by atoms with Gasteiger partial charge in [-0.3, -0.25) is 4.79 Å². The van der Waals surface area contributed by atoms with Crippen LogP contribution < -0.4 is 4.90 Å². The van der Waals surface area contributed by atoms with Gasteiger partial charge in [0.25, 0.3) is 0 Å². The monoisotopic (exact) mass is 378 g/mol. The van der Waals surface area contributed by atoms with Gasteiger partial charge in [-0.25, -0.2) is 0 Å². The number of hydrogen-bond acceptors (Lipinski definition) is 5. The largest absolute Gasteiger partial charge is 0.394 e. The Balaban J connectivity index is 1.78. The van der Waals surface area contributed by atoms with E-state index in [1.54, 1.807) is 6.08 Å². The highest BCUT2D eigenvalue weighted by Crippen LogP contribution is 2.26. The summed E-state index contributed by atoms with van der Waals surface area (Å²) in [6, 6.07) is 14.3. The first-order valence-corrected chi connectivity index (χ1v) is 9.83. The lowest BCUT2D eigenvalue weighted by Gasteiger charge is -2.29. The second kappa shape index (κ2) is 9.50. The van der Waals surface area contributed by atoms with Crippen LogP contribution in [0.1, 0.15) is 37.7 Å². The number of benzene rings is 2. The maximum absolute atomic E-state index is 12.2. The average molecular weight is 378 g/mol. The smallest absolute Gasteiger partial charge is 0.173 e. The van der Waals surface area contributed by atoms with Crippen molar-refractivity contribution in [1.82, 2.24) is 0 Å². The molecule has 1 atom stereocenters. The van der Waals surface area contributed by atoms with Crippen molar-refractivity contribution >= 4 is 28.3 Å². The summed E-state index contributed by atoms with van der Waals surface area (Å²) in [5.74, 6) is -0.324. The van der Waals surface area contributed by atoms with Gasteiger partial charge in [-0.15, -0.1) is 0 Å². The topological polar surface area (TPSA) is 84.6 Å². The Labute approximate surface area is 165 Å². The van der Waals surface area contributed by atoms with E-state index < -0.39 is 6.10 Å². The van der Waals surface area contributed by atoms with Crippen LogP contribution in [0.2, 0.25) is 0 Å². The van der Waals surface area contributed by atoms with Gasteiger partial charge in [-0.1, -0.05) is 18.2 Å². The Bertz CT molecular complexity index is 908. The van der Waals surface area contributed by atoms with Crippen LogP contribution in [-0.4, -0.2) is 41.8 Å². The number of allylic oxidation sites excluding steroid dienone is 1. The van der Waals surface area contributed by atoms with Crippen LogP contribution >= 0.6 is 0 Å². The summed E-state index contributed by atoms with van der Waals surface area (Å²) < 4.78 is 0. The lowest BCUT2D eigenvalue weighted by Crippen LogP contribution is -2.29. The van der Waals surface area contributed by atoms with E-state index in [1.165, 1.54) is 24.9 Å². The van der Waals surface area contributed by atoms with Crippen molar-refractivity contribution in [2.45, 2.75) is 38.2 Å². The molecule has 0 aromatic heterocycles. The normalized spacial score (nSPS) is 16.0. The number of aliphatic hydroxyl groups excluding tert-OH is 2. The van der Waals surface area contributed by atoms with Gasteiger partial charge in [0.2, 0.25) is 0 Å². The van der Waals surface area contributed by atoms with Gasteiger partial charge < -0.3 is 15.1 Å². The molecule has 3 rings (SSSR count). The number of aliphatic hydroxyl groups is 2. The van der Waals surface area contributed by atoms with E-state index >= 15 is 0 Å². The van der Waals surface area contributed by atoms with Crippen molar-refractivity contribution in [1.29, 1.82) is 5.26 Å². The van der Waals surface area contributed by atoms with Crippen LogP contribution in [0.3, 0.4) is 0 Å². The van der Waals surface area contributed by atoms with E-state index in [2.05, 4.69) is 23.1 Å². The molecule has 1 saturated heterocycles. The third-order valence-electron chi connectivity index (χ3n) is 5.22. The molecule has 1 unspecified atom stereocenters. The third kappa shape index (κ3) is 4.98. The standard InChI is InChI=1S/C23H26N2O3/c24-15-20(23(28)9-8-22(27)16-26)13-17-4-5-19-14-21(7-6-18(19)12-17)25-10-2-1-3-11-25/h4-7,12-14,22,26-27H,1-3,8-11,16H2/b20-13+. The fraction of sp³-hybridized carbons (Fsp3) is 0.391. The second-order valence-electron chi connectivity index (χ2n) is 7.31. The number of Topliss-reactive ketones (excluding diaryl/α,β-unsaturated/α-hetero) is 1. The lowest BCUT2D eigenvalue weighted by molar-refractivity contribution is -0.115. The summed E-state index contributed by atoms with van der Waals surface area (Å²) in [7, 11) is 0. The van der Waals surface area contributed by atoms with Crippen LogP contribution in [0.5, 0.6) is 0 Å². The molecule has 0 radical (unpaired) electrons. The number of anilines is 1. The lowest BCUT2D eigenvalue weighted by atomic mass is 10.0. The van der Waals surface area contributed by atoms with E-state index in [0.29, 0.717) is 0 Å². The molecule has 1 aliphatic rings. The van der Waals surface area contributed by atoms with E-state index in [-0.39, 0.29) is 30.8 Å². The average Bonchev–Trinajstić information content (AvgIpc) is 2.75. The summed E-state index contributed by atoms with van der Waals surface area (Å²) in [5, 5.41) is 29.7. The maximum atomic E-state index is 12.2. The Morgan fingerprint density at radius 2 is 1.86 bits per heavy atom. The first kappa shape index (κ1) is 20.1. The number of fused-ring (bicyclic) bond motifs is 1. The van der Waals surface area contributed by atoms with Crippen LogP contribution in [0.4, 0.5) is 5.69 Å². The molecule has 0 saturated carbocycles. The van der Waals surface area contributed by atoms with Crippen LogP contribution in [0, 0.1) is 11.3 Å². The Kier molecular flexibility index (Phi) is 6.80. The summed E-state index contributed by atoms with van der Waals surface area (Å²) >= 11 is 0. The van der Waals surface area contributed by atoms with Gasteiger partial charge in [-0.05, 0) is 66.3 Å². The highest BCUT2D eigenvalue weighted by atomic mass is 16.3.